The highest BCUT2D eigenvalue weighted by atomic mass is 35.5. The number of nitrogens with two attached hydrogens (primary N) is 1. The molecule has 3 N–H and O–H groups in total. The lowest BCUT2D eigenvalue weighted by Crippen LogP contribution is -2.49. The molecule has 0 saturated carbocycles. The molecule has 0 radical (unpaired) electrons. The van der Waals surface area contributed by atoms with Crippen molar-refractivity contribution in [1.29, 1.82) is 0 Å². The Labute approximate surface area is 137 Å². The van der Waals surface area contributed by atoms with Crippen LogP contribution in [-0.4, -0.2) is 33.6 Å². The summed E-state index contributed by atoms with van der Waals surface area (Å²) in [5.74, 6) is -0.458. The van der Waals surface area contributed by atoms with E-state index in [9.17, 15) is 13.2 Å². The molecule has 1 heterocycles. The molecule has 0 spiro atoms. The molecule has 7 nitrogen and oxygen atoms in total. The van der Waals surface area contributed by atoms with Crippen LogP contribution >= 0.6 is 12.4 Å². The van der Waals surface area contributed by atoms with Crippen molar-refractivity contribution in [2.45, 2.75) is 44.2 Å². The van der Waals surface area contributed by atoms with E-state index in [-0.39, 0.29) is 35.4 Å². The number of esters is 1. The minimum Gasteiger partial charge on any atom is -0.465 e. The fraction of sp³-hybridized carbons (Fsp3) is 0.615. The molecule has 0 aliphatic rings. The van der Waals surface area contributed by atoms with Crippen LogP contribution in [0, 0.1) is 6.92 Å². The number of hydrogen-bond acceptors (Lipinski definition) is 6. The van der Waals surface area contributed by atoms with E-state index in [1.54, 1.807) is 0 Å². The molecule has 0 amide bonds. The van der Waals surface area contributed by atoms with Crippen LogP contribution in [0.3, 0.4) is 0 Å². The third-order valence-corrected chi connectivity index (χ3v) is 4.84. The van der Waals surface area contributed by atoms with Crippen LogP contribution in [0.15, 0.2) is 15.6 Å². The second-order valence-electron chi connectivity index (χ2n) is 4.92. The second kappa shape index (κ2) is 7.96. The summed E-state index contributed by atoms with van der Waals surface area (Å²) in [5.41, 5.74) is 5.53. The summed E-state index contributed by atoms with van der Waals surface area (Å²) >= 11 is 0. The van der Waals surface area contributed by atoms with Crippen molar-refractivity contribution in [3.05, 3.63) is 17.4 Å². The van der Waals surface area contributed by atoms with E-state index in [4.69, 9.17) is 10.2 Å². The van der Waals surface area contributed by atoms with Gasteiger partial charge in [0.05, 0.1) is 7.11 Å². The van der Waals surface area contributed by atoms with Gasteiger partial charge in [0, 0.05) is 18.2 Å². The molecule has 1 rings (SSSR count). The maximum atomic E-state index is 12.2. The average molecular weight is 355 g/mol. The minimum absolute atomic E-state index is 0. The van der Waals surface area contributed by atoms with Gasteiger partial charge in [0.25, 0.3) is 10.0 Å². The first-order valence-corrected chi connectivity index (χ1v) is 8.14. The summed E-state index contributed by atoms with van der Waals surface area (Å²) < 4.78 is 36.5. The fourth-order valence-electron chi connectivity index (χ4n) is 1.71. The van der Waals surface area contributed by atoms with Crippen LogP contribution in [0.25, 0.3) is 0 Å². The number of aryl methyl sites for hydroxylation is 1. The molecule has 9 heteroatoms. The Morgan fingerprint density at radius 1 is 1.41 bits per heavy atom. The molecular weight excluding hydrogens is 332 g/mol. The van der Waals surface area contributed by atoms with Gasteiger partial charge < -0.3 is 14.9 Å². The Bertz CT molecular complexity index is 608. The highest BCUT2D eigenvalue weighted by Gasteiger charge is 2.27. The highest BCUT2D eigenvalue weighted by Crippen LogP contribution is 2.20. The Kier molecular flexibility index (Phi) is 7.56. The van der Waals surface area contributed by atoms with Gasteiger partial charge in [0.15, 0.2) is 0 Å². The quantitative estimate of drug-likeness (QED) is 0.719. The van der Waals surface area contributed by atoms with E-state index in [0.29, 0.717) is 12.8 Å². The maximum Gasteiger partial charge on any atom is 0.341 e. The predicted octanol–water partition coefficient (Wildman–Crippen LogP) is 1.59. The first kappa shape index (κ1) is 20.9. The Morgan fingerprint density at radius 3 is 2.41 bits per heavy atom. The van der Waals surface area contributed by atoms with Crippen molar-refractivity contribution in [3.8, 4) is 0 Å². The number of methoxy groups -OCH3 is 1. The van der Waals surface area contributed by atoms with E-state index in [2.05, 4.69) is 9.46 Å². The number of carbonyl (C=O) groups is 1. The van der Waals surface area contributed by atoms with Gasteiger partial charge in [-0.2, -0.15) is 0 Å². The molecule has 0 bridgehead atoms. The van der Waals surface area contributed by atoms with E-state index in [0.717, 1.165) is 6.07 Å². The van der Waals surface area contributed by atoms with Gasteiger partial charge >= 0.3 is 5.97 Å². The monoisotopic (exact) mass is 354 g/mol. The van der Waals surface area contributed by atoms with Crippen LogP contribution in [0.4, 0.5) is 0 Å². The number of carbonyl (C=O) groups excluding carboxylic acids is 1. The molecule has 0 fully saturated rings. The average Bonchev–Trinajstić information content (AvgIpc) is 2.87. The number of furan rings is 1. The maximum absolute atomic E-state index is 12.2. The first-order chi connectivity index (χ1) is 9.69. The SMILES string of the molecule is CCC(N)(CC)CNS(=O)(=O)c1cc(C(=O)OC)c(C)o1.Cl. The standard InChI is InChI=1S/C13H22N2O5S.ClH/c1-5-13(14,6-2)8-15-21(17,18)11-7-10(9(3)20-11)12(16)19-4;/h7,15H,5-6,8,14H2,1-4H3;1H. The number of nitrogens with one attached hydrogen (secondary N) is 1. The van der Waals surface area contributed by atoms with Gasteiger partial charge in [-0.05, 0) is 19.8 Å². The van der Waals surface area contributed by atoms with Gasteiger partial charge in [-0.1, -0.05) is 13.8 Å². The topological polar surface area (TPSA) is 112 Å². The third-order valence-electron chi connectivity index (χ3n) is 3.59. The summed E-state index contributed by atoms with van der Waals surface area (Å²) in [6.07, 6.45) is 1.27. The summed E-state index contributed by atoms with van der Waals surface area (Å²) in [6.45, 7) is 5.38. The van der Waals surface area contributed by atoms with Crippen LogP contribution in [0.1, 0.15) is 42.8 Å². The third kappa shape index (κ3) is 4.70. The van der Waals surface area contributed by atoms with Crippen molar-refractivity contribution >= 4 is 28.4 Å². The lowest BCUT2D eigenvalue weighted by atomic mass is 9.95. The van der Waals surface area contributed by atoms with Crippen LogP contribution in [0.2, 0.25) is 0 Å². The largest absolute Gasteiger partial charge is 0.465 e. The molecule has 1 aromatic rings. The molecule has 0 atom stereocenters. The van der Waals surface area contributed by atoms with Gasteiger partial charge in [-0.15, -0.1) is 12.4 Å². The van der Waals surface area contributed by atoms with E-state index >= 15 is 0 Å². The van der Waals surface area contributed by atoms with Gasteiger partial charge in [-0.25, -0.2) is 17.9 Å². The van der Waals surface area contributed by atoms with Crippen LogP contribution in [-0.2, 0) is 14.8 Å². The minimum atomic E-state index is -3.86. The fourth-order valence-corrected chi connectivity index (χ4v) is 2.84. The summed E-state index contributed by atoms with van der Waals surface area (Å²) in [7, 11) is -2.65. The number of halogens is 1. The first-order valence-electron chi connectivity index (χ1n) is 6.66. The van der Waals surface area contributed by atoms with Crippen molar-refractivity contribution in [3.63, 3.8) is 0 Å². The van der Waals surface area contributed by atoms with Crippen molar-refractivity contribution < 1.29 is 22.4 Å². The molecular formula is C13H23ClN2O5S. The number of rotatable bonds is 7. The van der Waals surface area contributed by atoms with Crippen molar-refractivity contribution in [1.82, 2.24) is 4.72 Å². The zero-order valence-corrected chi connectivity index (χ0v) is 14.8. The Morgan fingerprint density at radius 2 is 1.95 bits per heavy atom. The summed E-state index contributed by atoms with van der Waals surface area (Å²) in [5, 5.41) is -0.324. The van der Waals surface area contributed by atoms with E-state index in [1.807, 2.05) is 13.8 Å². The smallest absolute Gasteiger partial charge is 0.341 e. The Hall–Kier alpha value is -1.09. The molecule has 0 saturated heterocycles. The zero-order chi connectivity index (χ0) is 16.3. The molecule has 22 heavy (non-hydrogen) atoms. The number of ether oxygens (including phenoxy) is 1. The van der Waals surface area contributed by atoms with Gasteiger partial charge in [0.1, 0.15) is 11.3 Å². The Balaban J connectivity index is 0.00000441. The van der Waals surface area contributed by atoms with Gasteiger partial charge in [0.2, 0.25) is 5.09 Å². The molecule has 0 aliphatic carbocycles. The van der Waals surface area contributed by atoms with Gasteiger partial charge in [-0.3, -0.25) is 0 Å². The molecule has 0 unspecified atom stereocenters. The van der Waals surface area contributed by atoms with Crippen molar-refractivity contribution in [2.75, 3.05) is 13.7 Å². The van der Waals surface area contributed by atoms with E-state index < -0.39 is 21.5 Å². The molecule has 128 valence electrons. The predicted molar refractivity (Wildman–Crippen MR) is 84.7 cm³/mol. The molecule has 0 aromatic carbocycles. The number of sulfonamides is 1. The summed E-state index contributed by atoms with van der Waals surface area (Å²) in [4.78, 5) is 11.5. The van der Waals surface area contributed by atoms with Crippen LogP contribution in [0.5, 0.6) is 0 Å². The summed E-state index contributed by atoms with van der Waals surface area (Å²) in [6, 6.07) is 1.15. The second-order valence-corrected chi connectivity index (χ2v) is 6.62. The van der Waals surface area contributed by atoms with Crippen LogP contribution < -0.4 is 10.5 Å². The zero-order valence-electron chi connectivity index (χ0n) is 13.1. The van der Waals surface area contributed by atoms with E-state index in [1.165, 1.54) is 14.0 Å². The molecule has 1 aromatic heterocycles. The lowest BCUT2D eigenvalue weighted by Gasteiger charge is -2.26. The normalized spacial score (nSPS) is 11.9. The molecule has 0 aliphatic heterocycles. The highest BCUT2D eigenvalue weighted by molar-refractivity contribution is 7.89. The van der Waals surface area contributed by atoms with Crippen molar-refractivity contribution in [2.24, 2.45) is 5.73 Å². The number of hydrogen-bond donors (Lipinski definition) is 2. The lowest BCUT2D eigenvalue weighted by molar-refractivity contribution is 0.0599.